The van der Waals surface area contributed by atoms with Crippen LogP contribution in [0.5, 0.6) is 0 Å². The van der Waals surface area contributed by atoms with Gasteiger partial charge in [-0.1, -0.05) is 35.6 Å². The summed E-state index contributed by atoms with van der Waals surface area (Å²) in [5, 5.41) is 12.2. The summed E-state index contributed by atoms with van der Waals surface area (Å²) in [7, 11) is -3.84. The molecule has 0 saturated carbocycles. The number of aromatic nitrogens is 2. The molecule has 1 atom stereocenters. The molecule has 10 heteroatoms. The van der Waals surface area contributed by atoms with Crippen molar-refractivity contribution in [1.82, 2.24) is 10.2 Å². The number of sulfonamides is 1. The quantitative estimate of drug-likeness (QED) is 0.673. The first-order chi connectivity index (χ1) is 12.5. The third-order valence-corrected chi connectivity index (χ3v) is 7.98. The van der Waals surface area contributed by atoms with E-state index in [2.05, 4.69) is 15.5 Å². The number of carbonyl (C=O) groups is 1. The number of fused-ring (bicyclic) bond motifs is 1. The van der Waals surface area contributed by atoms with Crippen LogP contribution in [-0.4, -0.2) is 30.6 Å². The van der Waals surface area contributed by atoms with Gasteiger partial charge in [0.25, 0.3) is 20.3 Å². The molecular weight excluding hydrogens is 392 g/mol. The van der Waals surface area contributed by atoms with Gasteiger partial charge >= 0.3 is 0 Å². The summed E-state index contributed by atoms with van der Waals surface area (Å²) in [4.78, 5) is 12.6. The fraction of sp³-hybridized carbons (Fsp3) is 0.188. The van der Waals surface area contributed by atoms with Crippen molar-refractivity contribution < 1.29 is 13.2 Å². The van der Waals surface area contributed by atoms with Crippen molar-refractivity contribution in [2.24, 2.45) is 0 Å². The van der Waals surface area contributed by atoms with E-state index in [9.17, 15) is 13.2 Å². The second-order valence-electron chi connectivity index (χ2n) is 5.79. The van der Waals surface area contributed by atoms with Crippen molar-refractivity contribution >= 4 is 49.4 Å². The highest BCUT2D eigenvalue weighted by Crippen LogP contribution is 2.37. The van der Waals surface area contributed by atoms with Crippen LogP contribution in [0.15, 0.2) is 46.1 Å². The minimum absolute atomic E-state index is 0.137. The van der Waals surface area contributed by atoms with Gasteiger partial charge in [0.05, 0.1) is 10.6 Å². The molecule has 0 bridgehead atoms. The number of nitrogens with zero attached hydrogens (tertiary/aromatic N) is 3. The Morgan fingerprint density at radius 3 is 2.81 bits per heavy atom. The fourth-order valence-corrected chi connectivity index (χ4v) is 6.21. The van der Waals surface area contributed by atoms with Crippen molar-refractivity contribution in [3.8, 4) is 0 Å². The molecule has 1 aliphatic rings. The molecule has 1 amide bonds. The number of amides is 1. The number of nitrogens with one attached hydrogen (secondary N) is 1. The van der Waals surface area contributed by atoms with Crippen LogP contribution in [0.2, 0.25) is 0 Å². The molecule has 2 aromatic heterocycles. The Morgan fingerprint density at radius 1 is 1.23 bits per heavy atom. The predicted octanol–water partition coefficient (Wildman–Crippen LogP) is 2.99. The third kappa shape index (κ3) is 2.89. The Bertz CT molecular complexity index is 1060. The average Bonchev–Trinajstić information content (AvgIpc) is 3.33. The van der Waals surface area contributed by atoms with Crippen LogP contribution in [0, 0.1) is 0 Å². The summed E-state index contributed by atoms with van der Waals surface area (Å²) >= 11 is 2.14. The van der Waals surface area contributed by atoms with Gasteiger partial charge in [-0.3, -0.25) is 14.4 Å². The highest BCUT2D eigenvalue weighted by Gasteiger charge is 2.38. The van der Waals surface area contributed by atoms with Crippen LogP contribution in [0.4, 0.5) is 10.8 Å². The van der Waals surface area contributed by atoms with E-state index in [1.807, 2.05) is 25.1 Å². The minimum atomic E-state index is -3.84. The number of hydrogen-bond acceptors (Lipinski definition) is 7. The Kier molecular flexibility index (Phi) is 4.25. The summed E-state index contributed by atoms with van der Waals surface area (Å²) in [5.74, 6) is -0.333. The average molecular weight is 407 g/mol. The molecule has 0 saturated heterocycles. The molecule has 1 aromatic carbocycles. The van der Waals surface area contributed by atoms with E-state index in [1.165, 1.54) is 15.6 Å². The molecule has 0 aliphatic carbocycles. The van der Waals surface area contributed by atoms with E-state index in [-0.39, 0.29) is 21.4 Å². The number of thiophene rings is 1. The van der Waals surface area contributed by atoms with Gasteiger partial charge in [-0.05, 0) is 36.4 Å². The highest BCUT2D eigenvalue weighted by molar-refractivity contribution is 7.94. The number of carbonyl (C=O) groups excluding carboxylic acids is 1. The van der Waals surface area contributed by atoms with Crippen LogP contribution in [0.25, 0.3) is 0 Å². The SMILES string of the molecule is C[C@H]1Cc2ccccc2N1S(=O)(=O)c1nnc(NC(=O)c2cccs2)s1. The lowest BCUT2D eigenvalue weighted by atomic mass is 10.1. The van der Waals surface area contributed by atoms with Crippen molar-refractivity contribution in [1.29, 1.82) is 0 Å². The second kappa shape index (κ2) is 6.45. The maximum Gasteiger partial charge on any atom is 0.293 e. The smallest absolute Gasteiger partial charge is 0.293 e. The van der Waals surface area contributed by atoms with E-state index in [0.29, 0.717) is 17.0 Å². The fourth-order valence-electron chi connectivity index (χ4n) is 2.92. The number of anilines is 2. The minimum Gasteiger partial charge on any atom is -0.296 e. The first-order valence-electron chi connectivity index (χ1n) is 7.77. The Balaban J connectivity index is 1.62. The zero-order valence-corrected chi connectivity index (χ0v) is 16.1. The Labute approximate surface area is 158 Å². The maximum absolute atomic E-state index is 13.1. The monoisotopic (exact) mass is 406 g/mol. The van der Waals surface area contributed by atoms with Gasteiger partial charge in [-0.25, -0.2) is 0 Å². The van der Waals surface area contributed by atoms with Crippen molar-refractivity contribution in [2.75, 3.05) is 9.62 Å². The number of rotatable bonds is 4. The molecule has 3 aromatic rings. The van der Waals surface area contributed by atoms with Crippen LogP contribution >= 0.6 is 22.7 Å². The normalized spacial score (nSPS) is 16.5. The summed E-state index contributed by atoms with van der Waals surface area (Å²) in [6.07, 6.45) is 0.649. The molecule has 0 radical (unpaired) electrons. The van der Waals surface area contributed by atoms with E-state index in [4.69, 9.17) is 0 Å². The zero-order valence-electron chi connectivity index (χ0n) is 13.6. The van der Waals surface area contributed by atoms with Crippen LogP contribution in [0.3, 0.4) is 0 Å². The molecule has 26 heavy (non-hydrogen) atoms. The van der Waals surface area contributed by atoms with Crippen molar-refractivity contribution in [3.63, 3.8) is 0 Å². The van der Waals surface area contributed by atoms with Gasteiger partial charge in [-0.15, -0.1) is 21.5 Å². The topological polar surface area (TPSA) is 92.3 Å². The lowest BCUT2D eigenvalue weighted by Crippen LogP contribution is -2.35. The molecule has 1 aliphatic heterocycles. The number of benzene rings is 1. The summed E-state index contributed by atoms with van der Waals surface area (Å²) in [5.41, 5.74) is 1.65. The van der Waals surface area contributed by atoms with Crippen LogP contribution < -0.4 is 9.62 Å². The van der Waals surface area contributed by atoms with Crippen LogP contribution in [0.1, 0.15) is 22.2 Å². The highest BCUT2D eigenvalue weighted by atomic mass is 32.2. The number of para-hydroxylation sites is 1. The molecule has 3 heterocycles. The molecule has 7 nitrogen and oxygen atoms in total. The van der Waals surface area contributed by atoms with E-state index < -0.39 is 10.0 Å². The van der Waals surface area contributed by atoms with Gasteiger partial charge in [0.15, 0.2) is 0 Å². The standard InChI is InChI=1S/C16H14N4O3S3/c1-10-9-11-5-2-3-6-12(11)20(10)26(22,23)16-19-18-15(25-16)17-14(21)13-7-4-8-24-13/h2-8,10H,9H2,1H3,(H,17,18,21)/t10-/m0/s1. The third-order valence-electron chi connectivity index (χ3n) is 4.00. The van der Waals surface area contributed by atoms with Crippen LogP contribution in [-0.2, 0) is 16.4 Å². The molecule has 0 spiro atoms. The molecule has 0 unspecified atom stereocenters. The van der Waals surface area contributed by atoms with Gasteiger partial charge in [0.2, 0.25) is 5.13 Å². The van der Waals surface area contributed by atoms with Gasteiger partial charge < -0.3 is 0 Å². The summed E-state index contributed by atoms with van der Waals surface area (Å²) in [6.45, 7) is 1.86. The second-order valence-corrected chi connectivity index (χ2v) is 9.70. The first-order valence-corrected chi connectivity index (χ1v) is 10.9. The summed E-state index contributed by atoms with van der Waals surface area (Å²) in [6, 6.07) is 10.7. The Morgan fingerprint density at radius 2 is 2.04 bits per heavy atom. The maximum atomic E-state index is 13.1. The first kappa shape index (κ1) is 17.1. The van der Waals surface area contributed by atoms with E-state index in [1.54, 1.807) is 23.6 Å². The van der Waals surface area contributed by atoms with E-state index >= 15 is 0 Å². The number of hydrogen-bond donors (Lipinski definition) is 1. The van der Waals surface area contributed by atoms with Crippen molar-refractivity contribution in [3.05, 3.63) is 52.2 Å². The lowest BCUT2D eigenvalue weighted by molar-refractivity contribution is 0.103. The van der Waals surface area contributed by atoms with E-state index in [0.717, 1.165) is 16.9 Å². The molecule has 134 valence electrons. The predicted molar refractivity (Wildman–Crippen MR) is 101 cm³/mol. The van der Waals surface area contributed by atoms with Gasteiger partial charge in [0, 0.05) is 6.04 Å². The molecular formula is C16H14N4O3S3. The van der Waals surface area contributed by atoms with Gasteiger partial charge in [-0.2, -0.15) is 8.42 Å². The Hall–Kier alpha value is -2.30. The van der Waals surface area contributed by atoms with Gasteiger partial charge in [0.1, 0.15) is 0 Å². The summed E-state index contributed by atoms with van der Waals surface area (Å²) < 4.78 is 27.4. The molecule has 4 rings (SSSR count). The largest absolute Gasteiger partial charge is 0.296 e. The molecule has 0 fully saturated rings. The lowest BCUT2D eigenvalue weighted by Gasteiger charge is -2.22. The van der Waals surface area contributed by atoms with Crippen molar-refractivity contribution in [2.45, 2.75) is 23.7 Å². The molecule has 1 N–H and O–H groups in total. The zero-order chi connectivity index (χ0) is 18.3.